The Hall–Kier alpha value is -7.09. The van der Waals surface area contributed by atoms with Crippen LogP contribution in [0.25, 0.3) is 72.0 Å². The van der Waals surface area contributed by atoms with E-state index in [0.29, 0.717) is 5.69 Å². The summed E-state index contributed by atoms with van der Waals surface area (Å²) < 4.78 is 18.4. The van der Waals surface area contributed by atoms with Gasteiger partial charge in [0.1, 0.15) is 16.0 Å². The maximum Gasteiger partial charge on any atom is 0.186 e. The molecule has 1 aliphatic rings. The normalized spacial score (nSPS) is 13.2. The van der Waals surface area contributed by atoms with Crippen molar-refractivity contribution in [2.45, 2.75) is 40.5 Å². The molecule has 6 aromatic carbocycles. The number of benzene rings is 6. The Kier molecular flexibility index (Phi) is 11.3. The summed E-state index contributed by atoms with van der Waals surface area (Å²) in [5, 5.41) is 93.4. The number of aromatic nitrogens is 1. The molecule has 8 aromatic rings. The number of aromatic hydroxyl groups is 8. The van der Waals surface area contributed by atoms with E-state index in [-0.39, 0.29) is 5.69 Å². The summed E-state index contributed by atoms with van der Waals surface area (Å²) in [7, 11) is 0. The molecule has 8 N–H and O–H groups in total. The van der Waals surface area contributed by atoms with Crippen LogP contribution in [0.3, 0.4) is 0 Å². The molecule has 0 saturated carbocycles. The van der Waals surface area contributed by atoms with Gasteiger partial charge in [-0.05, 0) is 108 Å². The van der Waals surface area contributed by atoms with E-state index >= 15 is 0 Å². The Morgan fingerprint density at radius 2 is 1.25 bits per heavy atom. The number of rotatable bonds is 6. The summed E-state index contributed by atoms with van der Waals surface area (Å²) in [6, 6.07) is 22.9. The summed E-state index contributed by atoms with van der Waals surface area (Å²) >= 11 is 4.54. The third kappa shape index (κ3) is 6.66. The lowest BCUT2D eigenvalue weighted by Crippen LogP contribution is -2.17. The van der Waals surface area contributed by atoms with E-state index in [4.69, 9.17) is 0 Å². The van der Waals surface area contributed by atoms with Crippen LogP contribution in [0.5, 0.6) is 46.0 Å². The van der Waals surface area contributed by atoms with Gasteiger partial charge in [0, 0.05) is 48.0 Å². The number of thiophene rings is 1. The predicted molar refractivity (Wildman–Crippen MR) is 255 cm³/mol. The van der Waals surface area contributed by atoms with E-state index < -0.39 is 73.1 Å². The van der Waals surface area contributed by atoms with Crippen LogP contribution in [0.4, 0.5) is 21.5 Å². The van der Waals surface area contributed by atoms with Crippen LogP contribution < -0.4 is 14.7 Å². The van der Waals surface area contributed by atoms with Gasteiger partial charge in [0.15, 0.2) is 46.0 Å². The highest BCUT2D eigenvalue weighted by Crippen LogP contribution is 2.63. The molecule has 0 bridgehead atoms. The number of fused-ring (bicyclic) bond motifs is 4. The fourth-order valence-corrected chi connectivity index (χ4v) is 10.0. The van der Waals surface area contributed by atoms with Gasteiger partial charge in [0.05, 0.1) is 22.2 Å². The number of anilines is 3. The largest absolute Gasteiger partial charge is 0.504 e. The number of phenolic OH excluding ortho intramolecular Hbond substituents is 8. The Labute approximate surface area is 373 Å². The van der Waals surface area contributed by atoms with Crippen molar-refractivity contribution in [3.63, 3.8) is 0 Å². The average Bonchev–Trinajstić information content (AvgIpc) is 3.84. The highest BCUT2D eigenvalue weighted by Gasteiger charge is 2.35. The quantitative estimate of drug-likeness (QED) is 0.0597. The molecule has 63 heavy (non-hydrogen) atoms. The van der Waals surface area contributed by atoms with E-state index in [1.165, 1.54) is 29.2 Å². The van der Waals surface area contributed by atoms with Crippen molar-refractivity contribution < 1.29 is 45.2 Å². The third-order valence-corrected chi connectivity index (χ3v) is 13.2. The zero-order valence-electron chi connectivity index (χ0n) is 34.4. The number of hydrogen-bond donors (Lipinski definition) is 8. The minimum atomic E-state index is -1.14. The number of phenols is 8. The molecule has 10 nitrogen and oxygen atoms in total. The van der Waals surface area contributed by atoms with Crippen LogP contribution in [0.1, 0.15) is 40.5 Å². The first-order chi connectivity index (χ1) is 30.4. The molecular weight excluding hydrogens is 888 g/mol. The number of hydrogen-bond acceptors (Lipinski definition) is 10. The summed E-state index contributed by atoms with van der Waals surface area (Å²) in [4.78, 5) is 1.33. The number of allylic oxidation sites excluding steroid dienone is 4. The van der Waals surface area contributed by atoms with E-state index in [2.05, 4.69) is 69.1 Å². The van der Waals surface area contributed by atoms with Crippen molar-refractivity contribution in [3.05, 3.63) is 117 Å². The van der Waals surface area contributed by atoms with Crippen molar-refractivity contribution in [2.24, 2.45) is 0 Å². The monoisotopic (exact) mass is 928 g/mol. The second-order valence-electron chi connectivity index (χ2n) is 14.5. The molecule has 320 valence electrons. The van der Waals surface area contributed by atoms with Gasteiger partial charge in [-0.25, -0.2) is 4.39 Å². The van der Waals surface area contributed by atoms with Crippen LogP contribution in [-0.4, -0.2) is 45.4 Å². The summed E-state index contributed by atoms with van der Waals surface area (Å²) in [5.74, 6) is -9.05. The van der Waals surface area contributed by atoms with Gasteiger partial charge in [-0.15, -0.1) is 11.3 Å². The van der Waals surface area contributed by atoms with Crippen LogP contribution in [0.2, 0.25) is 0 Å². The molecule has 2 heterocycles. The third-order valence-electron chi connectivity index (χ3n) is 11.1. The minimum absolute atomic E-state index is 0.194. The summed E-state index contributed by atoms with van der Waals surface area (Å²) in [6.45, 7) is 8.05. The van der Waals surface area contributed by atoms with Crippen LogP contribution >= 0.6 is 27.3 Å². The Bertz CT molecular complexity index is 3280. The molecule has 2 aromatic heterocycles. The van der Waals surface area contributed by atoms with E-state index in [1.54, 1.807) is 17.4 Å². The maximum absolute atomic E-state index is 14.5. The molecule has 0 atom stereocenters. The second kappa shape index (κ2) is 16.6. The fraction of sp³-hybridized carbons (Fsp3) is 0.120. The van der Waals surface area contributed by atoms with Crippen molar-refractivity contribution in [1.82, 2.24) is 4.57 Å². The molecule has 0 unspecified atom stereocenters. The van der Waals surface area contributed by atoms with Crippen molar-refractivity contribution >= 4 is 94.1 Å². The Morgan fingerprint density at radius 1 is 0.651 bits per heavy atom. The predicted octanol–water partition coefficient (Wildman–Crippen LogP) is 12.2. The molecular formula is C50H42BrFN2O8S. The van der Waals surface area contributed by atoms with Gasteiger partial charge in [-0.1, -0.05) is 68.5 Å². The van der Waals surface area contributed by atoms with E-state index in [0.717, 1.165) is 71.3 Å². The van der Waals surface area contributed by atoms with Gasteiger partial charge in [0.25, 0.3) is 0 Å². The van der Waals surface area contributed by atoms with Crippen molar-refractivity contribution in [1.29, 1.82) is 0 Å². The molecule has 0 aliphatic heterocycles. The standard InChI is InChI=1S/C48H36BrFN2O8S.C2H6/c1-3-28-29-22-32-35(34(23-11-7-5-8-12-23)48(29)61-33(28)4-2)30-21-27(19-20-31(30)52(32)25-13-9-6-10-14-25)51(26-17-15-24(50)16-18-26)39-46(59)42(55)37(43(56)47(39)60)36-40(53)44(57)38(49)45(58)41(36)54;1-2/h3-5,7-9,11-22,53-60H,6,10H2,1-2H3;1-2H3/b28-3-,33-4+;. The molecule has 0 saturated heterocycles. The van der Waals surface area contributed by atoms with Gasteiger partial charge < -0.3 is 50.3 Å². The summed E-state index contributed by atoms with van der Waals surface area (Å²) in [6.07, 6.45) is 12.4. The molecule has 0 radical (unpaired) electrons. The zero-order valence-corrected chi connectivity index (χ0v) is 36.8. The molecule has 1 aliphatic carbocycles. The number of halogens is 2. The molecule has 0 fully saturated rings. The first-order valence-electron chi connectivity index (χ1n) is 20.2. The lowest BCUT2D eigenvalue weighted by molar-refractivity contribution is 0.365. The number of nitrogens with zero attached hydrogens (tertiary/aromatic N) is 2. The Balaban J connectivity index is 0.00000268. The Morgan fingerprint density at radius 3 is 1.83 bits per heavy atom. The fourth-order valence-electron chi connectivity index (χ4n) is 8.36. The average molecular weight is 930 g/mol. The van der Waals surface area contributed by atoms with Crippen LogP contribution in [-0.2, 0) is 0 Å². The zero-order chi connectivity index (χ0) is 45.0. The molecule has 13 heteroatoms. The lowest BCUT2D eigenvalue weighted by atomic mass is 9.96. The topological polar surface area (TPSA) is 170 Å². The smallest absolute Gasteiger partial charge is 0.186 e. The molecule has 0 spiro atoms. The maximum atomic E-state index is 14.5. The van der Waals surface area contributed by atoms with Crippen LogP contribution in [0.15, 0.2) is 102 Å². The van der Waals surface area contributed by atoms with Gasteiger partial charge >= 0.3 is 0 Å². The first kappa shape index (κ1) is 42.6. The van der Waals surface area contributed by atoms with Crippen molar-refractivity contribution in [2.75, 3.05) is 4.90 Å². The van der Waals surface area contributed by atoms with Crippen LogP contribution in [0, 0.1) is 5.82 Å². The minimum Gasteiger partial charge on any atom is -0.504 e. The van der Waals surface area contributed by atoms with Gasteiger partial charge in [0.2, 0.25) is 0 Å². The van der Waals surface area contributed by atoms with Gasteiger partial charge in [-0.3, -0.25) is 0 Å². The molecule has 9 rings (SSSR count). The molecule has 0 amide bonds. The first-order valence-corrected chi connectivity index (χ1v) is 21.8. The van der Waals surface area contributed by atoms with Crippen molar-refractivity contribution in [3.8, 4) is 68.2 Å². The second-order valence-corrected chi connectivity index (χ2v) is 16.3. The van der Waals surface area contributed by atoms with E-state index in [9.17, 15) is 45.2 Å². The summed E-state index contributed by atoms with van der Waals surface area (Å²) in [5.41, 5.74) is 2.88. The van der Waals surface area contributed by atoms with E-state index in [1.807, 2.05) is 58.0 Å². The van der Waals surface area contributed by atoms with Gasteiger partial charge in [-0.2, -0.15) is 0 Å². The lowest BCUT2D eigenvalue weighted by Gasteiger charge is -2.28. The SMILES string of the molecule is C/C=c1\c(=C/C)sc2c(-c3ccccc3)c3c4cc(N(c5ccc(F)cc5)c5c(O)c(O)c(-c6c(O)c(O)c(Br)c(O)c6O)c(O)c5O)ccc4n(C4=CCCC=C4)c3cc12.CC. The highest BCUT2D eigenvalue weighted by molar-refractivity contribution is 9.10. The highest BCUT2D eigenvalue weighted by atomic mass is 79.9.